The van der Waals surface area contributed by atoms with Gasteiger partial charge in [0.15, 0.2) is 0 Å². The van der Waals surface area contributed by atoms with Gasteiger partial charge in [-0.15, -0.1) is 0 Å². The number of hydrogen-bond donors (Lipinski definition) is 4. The number of carboxylic acids is 2. The Hall–Kier alpha value is -3.80. The monoisotopic (exact) mass is 352 g/mol. The Balaban J connectivity index is 0.000000190. The molecule has 0 spiro atoms. The lowest BCUT2D eigenvalue weighted by Gasteiger charge is -2.04. The number of phenolic OH excluding ortho intramolecular Hbond substituents is 2. The molecule has 6 nitrogen and oxygen atoms in total. The number of hydrogen-bond acceptors (Lipinski definition) is 4. The standard InChI is InChI=1S/C12H10O2.C8H6O4/c13-10-6-7-12(14)11(8-10)9-4-2-1-3-5-9;9-7(10)5-1-2-6(4-3-5)8(11)12/h1-8,13-14H;1-4H,(H,9,10)(H,11,12). The SMILES string of the molecule is O=C(O)c1ccc(C(=O)O)cc1.Oc1ccc(O)c(-c2ccccc2)c1. The van der Waals surface area contributed by atoms with Crippen LogP contribution in [-0.4, -0.2) is 32.4 Å². The summed E-state index contributed by atoms with van der Waals surface area (Å²) >= 11 is 0. The lowest BCUT2D eigenvalue weighted by Crippen LogP contribution is -1.99. The van der Waals surface area contributed by atoms with Crippen molar-refractivity contribution >= 4 is 11.9 Å². The zero-order valence-electron chi connectivity index (χ0n) is 13.5. The Morgan fingerprint density at radius 1 is 0.654 bits per heavy atom. The van der Waals surface area contributed by atoms with E-state index in [1.807, 2.05) is 30.3 Å². The van der Waals surface area contributed by atoms with Gasteiger partial charge < -0.3 is 20.4 Å². The molecule has 0 aliphatic rings. The van der Waals surface area contributed by atoms with Crippen molar-refractivity contribution < 1.29 is 30.0 Å². The minimum Gasteiger partial charge on any atom is -0.508 e. The molecule has 0 amide bonds. The lowest BCUT2D eigenvalue weighted by molar-refractivity contribution is 0.0681. The number of phenols is 2. The highest BCUT2D eigenvalue weighted by molar-refractivity contribution is 5.91. The van der Waals surface area contributed by atoms with Crippen LogP contribution in [0.25, 0.3) is 11.1 Å². The highest BCUT2D eigenvalue weighted by Gasteiger charge is 2.05. The highest BCUT2D eigenvalue weighted by Crippen LogP contribution is 2.31. The third kappa shape index (κ3) is 4.85. The third-order valence-electron chi connectivity index (χ3n) is 3.44. The minimum absolute atomic E-state index is 0.0833. The molecule has 0 unspecified atom stereocenters. The molecule has 3 aromatic rings. The van der Waals surface area contributed by atoms with Crippen molar-refractivity contribution in [2.24, 2.45) is 0 Å². The summed E-state index contributed by atoms with van der Waals surface area (Å²) in [6.07, 6.45) is 0. The van der Waals surface area contributed by atoms with Crippen LogP contribution in [0.1, 0.15) is 20.7 Å². The Morgan fingerprint density at radius 2 is 1.15 bits per heavy atom. The van der Waals surface area contributed by atoms with Gasteiger partial charge in [-0.05, 0) is 48.0 Å². The van der Waals surface area contributed by atoms with Crippen molar-refractivity contribution in [3.8, 4) is 22.6 Å². The quantitative estimate of drug-likeness (QED) is 0.532. The van der Waals surface area contributed by atoms with Crippen LogP contribution in [0.4, 0.5) is 0 Å². The first-order valence-corrected chi connectivity index (χ1v) is 7.52. The molecule has 0 fully saturated rings. The second-order valence-electron chi connectivity index (χ2n) is 5.26. The van der Waals surface area contributed by atoms with E-state index < -0.39 is 11.9 Å². The van der Waals surface area contributed by atoms with Crippen molar-refractivity contribution in [2.75, 3.05) is 0 Å². The van der Waals surface area contributed by atoms with Crippen LogP contribution in [0.2, 0.25) is 0 Å². The topological polar surface area (TPSA) is 115 Å². The predicted octanol–water partition coefficient (Wildman–Crippen LogP) is 3.85. The van der Waals surface area contributed by atoms with Crippen molar-refractivity contribution in [3.05, 3.63) is 83.9 Å². The maximum atomic E-state index is 10.3. The van der Waals surface area contributed by atoms with Crippen LogP contribution in [0, 0.1) is 0 Å². The molecule has 0 saturated carbocycles. The molecule has 0 saturated heterocycles. The molecule has 3 aromatic carbocycles. The van der Waals surface area contributed by atoms with Crippen molar-refractivity contribution in [1.82, 2.24) is 0 Å². The third-order valence-corrected chi connectivity index (χ3v) is 3.44. The predicted molar refractivity (Wildman–Crippen MR) is 95.6 cm³/mol. The molecule has 26 heavy (non-hydrogen) atoms. The number of carboxylic acid groups (broad SMARTS) is 2. The molecule has 0 radical (unpaired) electrons. The smallest absolute Gasteiger partial charge is 0.335 e. The Morgan fingerprint density at radius 3 is 1.62 bits per heavy atom. The highest BCUT2D eigenvalue weighted by atomic mass is 16.4. The second-order valence-corrected chi connectivity index (χ2v) is 5.26. The first-order valence-electron chi connectivity index (χ1n) is 7.52. The number of aromatic hydroxyl groups is 2. The van der Waals surface area contributed by atoms with Crippen LogP contribution in [-0.2, 0) is 0 Å². The molecule has 0 aliphatic heterocycles. The molecule has 4 N–H and O–H groups in total. The van der Waals surface area contributed by atoms with E-state index in [0.717, 1.165) is 5.56 Å². The summed E-state index contributed by atoms with van der Waals surface area (Å²) in [6, 6.07) is 19.0. The molecule has 0 heterocycles. The van der Waals surface area contributed by atoms with Gasteiger partial charge in [-0.3, -0.25) is 0 Å². The van der Waals surface area contributed by atoms with E-state index in [0.29, 0.717) is 5.56 Å². The van der Waals surface area contributed by atoms with Crippen LogP contribution < -0.4 is 0 Å². The van der Waals surface area contributed by atoms with Gasteiger partial charge in [0, 0.05) is 5.56 Å². The van der Waals surface area contributed by atoms with E-state index in [4.69, 9.17) is 10.2 Å². The van der Waals surface area contributed by atoms with E-state index >= 15 is 0 Å². The number of rotatable bonds is 3. The maximum absolute atomic E-state index is 10.3. The zero-order valence-corrected chi connectivity index (χ0v) is 13.5. The van der Waals surface area contributed by atoms with Crippen molar-refractivity contribution in [2.45, 2.75) is 0 Å². The number of aromatic carboxylic acids is 2. The summed E-state index contributed by atoms with van der Waals surface area (Å²) in [5, 5.41) is 35.8. The van der Waals surface area contributed by atoms with Gasteiger partial charge in [0.2, 0.25) is 0 Å². The van der Waals surface area contributed by atoms with Gasteiger partial charge in [-0.2, -0.15) is 0 Å². The molecule has 0 aromatic heterocycles. The molecule has 0 aliphatic carbocycles. The van der Waals surface area contributed by atoms with Gasteiger partial charge in [-0.1, -0.05) is 30.3 Å². The summed E-state index contributed by atoms with van der Waals surface area (Å²) in [5.41, 5.74) is 1.70. The van der Waals surface area contributed by atoms with E-state index in [-0.39, 0.29) is 22.6 Å². The average molecular weight is 352 g/mol. The Labute approximate surface area is 149 Å². The summed E-state index contributed by atoms with van der Waals surface area (Å²) in [6.45, 7) is 0. The van der Waals surface area contributed by atoms with Crippen LogP contribution >= 0.6 is 0 Å². The fourth-order valence-corrected chi connectivity index (χ4v) is 2.13. The van der Waals surface area contributed by atoms with Crippen LogP contribution in [0.5, 0.6) is 11.5 Å². The lowest BCUT2D eigenvalue weighted by atomic mass is 10.0. The van der Waals surface area contributed by atoms with Crippen LogP contribution in [0.3, 0.4) is 0 Å². The molecular formula is C20H16O6. The van der Waals surface area contributed by atoms with E-state index in [9.17, 15) is 19.8 Å². The fourth-order valence-electron chi connectivity index (χ4n) is 2.13. The summed E-state index contributed by atoms with van der Waals surface area (Å²) in [4.78, 5) is 20.7. The number of benzene rings is 3. The van der Waals surface area contributed by atoms with Gasteiger partial charge in [0.1, 0.15) is 11.5 Å². The number of carbonyl (C=O) groups is 2. The molecule has 0 atom stereocenters. The van der Waals surface area contributed by atoms with Gasteiger partial charge >= 0.3 is 11.9 Å². The Kier molecular flexibility index (Phi) is 5.95. The molecule has 3 rings (SSSR count). The molecule has 6 heteroatoms. The minimum atomic E-state index is -1.06. The molecule has 132 valence electrons. The van der Waals surface area contributed by atoms with Gasteiger partial charge in [0.25, 0.3) is 0 Å². The maximum Gasteiger partial charge on any atom is 0.335 e. The van der Waals surface area contributed by atoms with E-state index in [2.05, 4.69) is 0 Å². The Bertz CT molecular complexity index is 868. The first kappa shape index (κ1) is 18.5. The summed E-state index contributed by atoms with van der Waals surface area (Å²) in [5.74, 6) is -1.80. The fraction of sp³-hybridized carbons (Fsp3) is 0. The zero-order chi connectivity index (χ0) is 19.1. The first-order chi connectivity index (χ1) is 12.4. The normalized spacial score (nSPS) is 9.69. The van der Waals surface area contributed by atoms with E-state index in [1.54, 1.807) is 6.07 Å². The van der Waals surface area contributed by atoms with Crippen LogP contribution in [0.15, 0.2) is 72.8 Å². The summed E-state index contributed by atoms with van der Waals surface area (Å²) in [7, 11) is 0. The molecule has 0 bridgehead atoms. The van der Waals surface area contributed by atoms with Gasteiger partial charge in [0.05, 0.1) is 11.1 Å². The largest absolute Gasteiger partial charge is 0.508 e. The van der Waals surface area contributed by atoms with E-state index in [1.165, 1.54) is 36.4 Å². The second kappa shape index (κ2) is 8.34. The van der Waals surface area contributed by atoms with Crippen molar-refractivity contribution in [1.29, 1.82) is 0 Å². The average Bonchev–Trinajstić information content (AvgIpc) is 2.65. The summed E-state index contributed by atoms with van der Waals surface area (Å²) < 4.78 is 0. The molecular weight excluding hydrogens is 336 g/mol. The van der Waals surface area contributed by atoms with Crippen molar-refractivity contribution in [3.63, 3.8) is 0 Å². The van der Waals surface area contributed by atoms with Gasteiger partial charge in [-0.25, -0.2) is 9.59 Å².